The van der Waals surface area contributed by atoms with Crippen LogP contribution >= 0.6 is 0 Å². The van der Waals surface area contributed by atoms with E-state index in [0.29, 0.717) is 19.6 Å². The fourth-order valence-corrected chi connectivity index (χ4v) is 2.88. The van der Waals surface area contributed by atoms with Gasteiger partial charge in [-0.1, -0.05) is 31.2 Å². The minimum atomic E-state index is -0.110. The summed E-state index contributed by atoms with van der Waals surface area (Å²) in [6.45, 7) is 6.74. The predicted octanol–water partition coefficient (Wildman–Crippen LogP) is 2.72. The van der Waals surface area contributed by atoms with E-state index in [0.717, 1.165) is 11.3 Å². The molecule has 0 unspecified atom stereocenters. The minimum absolute atomic E-state index is 0.0223. The van der Waals surface area contributed by atoms with Crippen molar-refractivity contribution in [1.82, 2.24) is 5.06 Å². The second-order valence-corrected chi connectivity index (χ2v) is 5.44. The van der Waals surface area contributed by atoms with Crippen LogP contribution in [0, 0.1) is 11.8 Å². The molecule has 1 aromatic carbocycles. The van der Waals surface area contributed by atoms with Gasteiger partial charge in [-0.05, 0) is 12.5 Å². The maximum Gasteiger partial charge on any atom is 0.249 e. The molecule has 1 aromatic rings. The quantitative estimate of drug-likeness (QED) is 0.795. The fourth-order valence-electron chi connectivity index (χ4n) is 2.88. The monoisotopic (exact) mass is 273 g/mol. The van der Waals surface area contributed by atoms with E-state index >= 15 is 0 Å². The zero-order valence-electron chi connectivity index (χ0n) is 11.6. The highest BCUT2D eigenvalue weighted by Crippen LogP contribution is 2.43. The Bertz CT molecular complexity index is 528. The number of nitrogens with zero attached hydrogens (tertiary/aromatic N) is 1. The van der Waals surface area contributed by atoms with Gasteiger partial charge in [-0.2, -0.15) is 0 Å². The van der Waals surface area contributed by atoms with E-state index in [2.05, 4.69) is 6.58 Å². The van der Waals surface area contributed by atoms with Gasteiger partial charge in [-0.25, -0.2) is 5.06 Å². The first kappa shape index (κ1) is 13.2. The van der Waals surface area contributed by atoms with Crippen LogP contribution in [0.4, 0.5) is 0 Å². The molecule has 2 aliphatic rings. The number of amides is 1. The Balaban J connectivity index is 1.89. The summed E-state index contributed by atoms with van der Waals surface area (Å²) in [5.74, 6) is 0.980. The molecule has 4 nitrogen and oxygen atoms in total. The Morgan fingerprint density at radius 3 is 3.10 bits per heavy atom. The van der Waals surface area contributed by atoms with Crippen LogP contribution in [0.3, 0.4) is 0 Å². The topological polar surface area (TPSA) is 38.8 Å². The third-order valence-corrected chi connectivity index (χ3v) is 3.98. The molecule has 0 aliphatic carbocycles. The number of carbonyl (C=O) groups excluding carboxylic acids is 1. The van der Waals surface area contributed by atoms with E-state index in [9.17, 15) is 4.79 Å². The predicted molar refractivity (Wildman–Crippen MR) is 74.9 cm³/mol. The first-order chi connectivity index (χ1) is 9.72. The van der Waals surface area contributed by atoms with Crippen LogP contribution in [0.1, 0.15) is 24.9 Å². The normalized spacial score (nSPS) is 25.4. The summed E-state index contributed by atoms with van der Waals surface area (Å²) >= 11 is 0. The lowest BCUT2D eigenvalue weighted by Gasteiger charge is -2.32. The first-order valence-electron chi connectivity index (χ1n) is 7.01. The van der Waals surface area contributed by atoms with Gasteiger partial charge in [0.05, 0.1) is 19.3 Å². The van der Waals surface area contributed by atoms with Gasteiger partial charge in [0.2, 0.25) is 5.91 Å². The van der Waals surface area contributed by atoms with Gasteiger partial charge in [0.25, 0.3) is 0 Å². The highest BCUT2D eigenvalue weighted by atomic mass is 16.7. The minimum Gasteiger partial charge on any atom is -0.493 e. The highest BCUT2D eigenvalue weighted by Gasteiger charge is 2.44. The van der Waals surface area contributed by atoms with Crippen molar-refractivity contribution in [1.29, 1.82) is 0 Å². The number of benzene rings is 1. The summed E-state index contributed by atoms with van der Waals surface area (Å²) in [7, 11) is 0. The lowest BCUT2D eigenvalue weighted by molar-refractivity contribution is -0.181. The van der Waals surface area contributed by atoms with Crippen molar-refractivity contribution in [3.8, 4) is 5.75 Å². The average molecular weight is 273 g/mol. The van der Waals surface area contributed by atoms with Crippen molar-refractivity contribution in [2.24, 2.45) is 11.8 Å². The average Bonchev–Trinajstić information content (AvgIpc) is 2.91. The van der Waals surface area contributed by atoms with Crippen LogP contribution in [0.2, 0.25) is 0 Å². The smallest absolute Gasteiger partial charge is 0.249 e. The third-order valence-electron chi connectivity index (χ3n) is 3.98. The number of hydroxylamine groups is 2. The summed E-state index contributed by atoms with van der Waals surface area (Å²) in [4.78, 5) is 18.2. The van der Waals surface area contributed by atoms with Gasteiger partial charge in [0.15, 0.2) is 0 Å². The number of fused-ring (bicyclic) bond motifs is 3. The molecule has 0 radical (unpaired) electrons. The molecule has 2 heterocycles. The van der Waals surface area contributed by atoms with Gasteiger partial charge in [-0.3, -0.25) is 9.63 Å². The van der Waals surface area contributed by atoms with Crippen LogP contribution < -0.4 is 4.74 Å². The molecule has 0 spiro atoms. The molecular weight excluding hydrogens is 254 g/mol. The van der Waals surface area contributed by atoms with E-state index in [1.165, 1.54) is 0 Å². The molecule has 4 heteroatoms. The number of carbonyl (C=O) groups is 1. The number of hydrogen-bond donors (Lipinski definition) is 0. The first-order valence-corrected chi connectivity index (χ1v) is 7.01. The zero-order chi connectivity index (χ0) is 14.1. The summed E-state index contributed by atoms with van der Waals surface area (Å²) in [5.41, 5.74) is 1.04. The highest BCUT2D eigenvalue weighted by molar-refractivity contribution is 5.78. The Labute approximate surface area is 118 Å². The van der Waals surface area contributed by atoms with Gasteiger partial charge in [0.1, 0.15) is 5.75 Å². The van der Waals surface area contributed by atoms with Crippen molar-refractivity contribution >= 4 is 5.91 Å². The Morgan fingerprint density at radius 2 is 2.30 bits per heavy atom. The number of ether oxygens (including phenoxy) is 1. The molecule has 2 aliphatic heterocycles. The van der Waals surface area contributed by atoms with Gasteiger partial charge >= 0.3 is 0 Å². The SMILES string of the molecule is C=CC[C@H](C)C(=O)N1OC[C@@H]2COc3ccccc3[C@@H]21. The molecule has 1 amide bonds. The lowest BCUT2D eigenvalue weighted by atomic mass is 9.91. The van der Waals surface area contributed by atoms with Crippen LogP contribution in [0.15, 0.2) is 36.9 Å². The number of allylic oxidation sites excluding steroid dienone is 1. The van der Waals surface area contributed by atoms with E-state index < -0.39 is 0 Å². The molecule has 0 saturated carbocycles. The van der Waals surface area contributed by atoms with Crippen LogP contribution in [0.25, 0.3) is 0 Å². The molecule has 106 valence electrons. The molecular formula is C16H19NO3. The second-order valence-electron chi connectivity index (χ2n) is 5.44. The summed E-state index contributed by atoms with van der Waals surface area (Å²) in [6, 6.07) is 7.85. The van der Waals surface area contributed by atoms with E-state index in [1.807, 2.05) is 31.2 Å². The van der Waals surface area contributed by atoms with Gasteiger partial charge < -0.3 is 4.74 Å². The Morgan fingerprint density at radius 1 is 1.50 bits per heavy atom. The molecule has 1 saturated heterocycles. The molecule has 3 rings (SSSR count). The summed E-state index contributed by atoms with van der Waals surface area (Å²) in [6.07, 6.45) is 2.43. The van der Waals surface area contributed by atoms with Crippen molar-refractivity contribution in [2.75, 3.05) is 13.2 Å². The molecule has 3 atom stereocenters. The molecule has 20 heavy (non-hydrogen) atoms. The summed E-state index contributed by atoms with van der Waals surface area (Å²) < 4.78 is 5.74. The third kappa shape index (κ3) is 2.10. The van der Waals surface area contributed by atoms with E-state index in [-0.39, 0.29) is 23.8 Å². The van der Waals surface area contributed by atoms with Crippen molar-refractivity contribution in [2.45, 2.75) is 19.4 Å². The fraction of sp³-hybridized carbons (Fsp3) is 0.438. The molecule has 0 N–H and O–H groups in total. The molecule has 0 bridgehead atoms. The molecule has 0 aromatic heterocycles. The van der Waals surface area contributed by atoms with E-state index in [1.54, 1.807) is 11.1 Å². The Kier molecular flexibility index (Phi) is 3.49. The number of para-hydroxylation sites is 1. The van der Waals surface area contributed by atoms with Crippen molar-refractivity contribution in [3.63, 3.8) is 0 Å². The van der Waals surface area contributed by atoms with Crippen LogP contribution in [-0.2, 0) is 9.63 Å². The van der Waals surface area contributed by atoms with Crippen molar-refractivity contribution in [3.05, 3.63) is 42.5 Å². The molecule has 1 fully saturated rings. The zero-order valence-corrected chi connectivity index (χ0v) is 11.6. The number of hydrogen-bond acceptors (Lipinski definition) is 3. The Hall–Kier alpha value is -1.81. The maximum absolute atomic E-state index is 12.5. The van der Waals surface area contributed by atoms with E-state index in [4.69, 9.17) is 9.57 Å². The van der Waals surface area contributed by atoms with Gasteiger partial charge in [0, 0.05) is 17.4 Å². The summed E-state index contributed by atoms with van der Waals surface area (Å²) in [5, 5.41) is 1.56. The van der Waals surface area contributed by atoms with Gasteiger partial charge in [-0.15, -0.1) is 6.58 Å². The van der Waals surface area contributed by atoms with Crippen LogP contribution in [-0.4, -0.2) is 24.2 Å². The second kappa shape index (κ2) is 5.29. The van der Waals surface area contributed by atoms with Crippen LogP contribution in [0.5, 0.6) is 5.75 Å². The lowest BCUT2D eigenvalue weighted by Crippen LogP contribution is -2.37. The standard InChI is InChI=1S/C16H19NO3/c1-3-6-11(2)16(18)17-15-12(10-20-17)9-19-14-8-5-4-7-13(14)15/h3-5,7-8,11-12,15H,1,6,9-10H2,2H3/t11-,12-,15+/m0/s1. The number of rotatable bonds is 3. The largest absolute Gasteiger partial charge is 0.493 e. The van der Waals surface area contributed by atoms with Crippen molar-refractivity contribution < 1.29 is 14.4 Å². The maximum atomic E-state index is 12.5.